The molecule has 0 radical (unpaired) electrons. The van der Waals surface area contributed by atoms with Crippen molar-refractivity contribution in [2.24, 2.45) is 0 Å². The Bertz CT molecular complexity index is 1340. The van der Waals surface area contributed by atoms with E-state index in [1.165, 1.54) is 6.07 Å². The summed E-state index contributed by atoms with van der Waals surface area (Å²) >= 11 is 0. The van der Waals surface area contributed by atoms with E-state index in [4.69, 9.17) is 0 Å². The Kier molecular flexibility index (Phi) is 5.93. The monoisotopic (exact) mass is 463 g/mol. The zero-order valence-corrected chi connectivity index (χ0v) is 18.3. The molecule has 7 nitrogen and oxygen atoms in total. The molecule has 1 amide bonds. The summed E-state index contributed by atoms with van der Waals surface area (Å²) in [5.41, 5.74) is 2.74. The van der Waals surface area contributed by atoms with Crippen LogP contribution in [0.25, 0.3) is 11.0 Å². The molecule has 2 aromatic heterocycles. The molecule has 4 aromatic rings. The number of aromatic amines is 1. The van der Waals surface area contributed by atoms with Crippen molar-refractivity contribution in [1.29, 1.82) is 0 Å². The van der Waals surface area contributed by atoms with E-state index in [0.29, 0.717) is 41.1 Å². The molecule has 5 rings (SSSR count). The van der Waals surface area contributed by atoms with Gasteiger partial charge in [-0.2, -0.15) is 5.10 Å². The van der Waals surface area contributed by atoms with Gasteiger partial charge >= 0.3 is 0 Å². The fourth-order valence-electron chi connectivity index (χ4n) is 4.20. The molecule has 9 heteroatoms. The summed E-state index contributed by atoms with van der Waals surface area (Å²) in [5, 5.41) is 20.9. The lowest BCUT2D eigenvalue weighted by Crippen LogP contribution is -2.42. The van der Waals surface area contributed by atoms with Crippen molar-refractivity contribution < 1.29 is 18.7 Å². The Hall–Kier alpha value is -3.85. The van der Waals surface area contributed by atoms with Crippen molar-refractivity contribution in [1.82, 2.24) is 20.1 Å². The van der Waals surface area contributed by atoms with E-state index in [9.17, 15) is 18.7 Å². The van der Waals surface area contributed by atoms with Crippen LogP contribution in [0.3, 0.4) is 0 Å². The topological polar surface area (TPSA) is 94.1 Å². The number of amides is 1. The molecule has 1 fully saturated rings. The minimum absolute atomic E-state index is 0.101. The molecule has 1 atom stereocenters. The SMILES string of the molecule is O=C(c1ccc(Nc2[nH]nc3ncc(Cc4cc(F)ccc4F)cc23)cc1)N1CCCC(O)C1. The van der Waals surface area contributed by atoms with Crippen molar-refractivity contribution in [2.75, 3.05) is 18.4 Å². The Morgan fingerprint density at radius 3 is 2.79 bits per heavy atom. The average molecular weight is 463 g/mol. The van der Waals surface area contributed by atoms with E-state index >= 15 is 0 Å². The van der Waals surface area contributed by atoms with E-state index in [2.05, 4.69) is 20.5 Å². The van der Waals surface area contributed by atoms with Gasteiger partial charge in [0.15, 0.2) is 5.65 Å². The molecule has 1 aliphatic rings. The Balaban J connectivity index is 1.33. The maximum absolute atomic E-state index is 14.0. The first-order valence-electron chi connectivity index (χ1n) is 11.1. The van der Waals surface area contributed by atoms with Gasteiger partial charge in [0.1, 0.15) is 17.5 Å². The van der Waals surface area contributed by atoms with Crippen LogP contribution in [0.15, 0.2) is 54.7 Å². The number of H-pyrrole nitrogens is 1. The van der Waals surface area contributed by atoms with E-state index in [0.717, 1.165) is 30.7 Å². The molecule has 0 aliphatic carbocycles. The molecular formula is C25H23F2N5O2. The van der Waals surface area contributed by atoms with Crippen LogP contribution in [0.1, 0.15) is 34.3 Å². The van der Waals surface area contributed by atoms with Crippen molar-refractivity contribution in [3.63, 3.8) is 0 Å². The van der Waals surface area contributed by atoms with Crippen LogP contribution in [0.5, 0.6) is 0 Å². The van der Waals surface area contributed by atoms with Crippen LogP contribution in [0.4, 0.5) is 20.3 Å². The highest BCUT2D eigenvalue weighted by molar-refractivity contribution is 5.95. The molecule has 0 saturated carbocycles. The molecule has 1 unspecified atom stereocenters. The molecule has 34 heavy (non-hydrogen) atoms. The number of rotatable bonds is 5. The molecule has 174 valence electrons. The quantitative estimate of drug-likeness (QED) is 0.413. The van der Waals surface area contributed by atoms with E-state index in [1.54, 1.807) is 35.4 Å². The fraction of sp³-hybridized carbons (Fsp3) is 0.240. The van der Waals surface area contributed by atoms with E-state index < -0.39 is 17.7 Å². The van der Waals surface area contributed by atoms with Crippen molar-refractivity contribution in [3.8, 4) is 0 Å². The number of halogens is 2. The summed E-state index contributed by atoms with van der Waals surface area (Å²) in [7, 11) is 0. The van der Waals surface area contributed by atoms with Gasteiger partial charge in [-0.3, -0.25) is 9.89 Å². The number of aliphatic hydroxyl groups is 1. The second-order valence-corrected chi connectivity index (χ2v) is 8.48. The smallest absolute Gasteiger partial charge is 0.253 e. The van der Waals surface area contributed by atoms with Gasteiger partial charge in [-0.1, -0.05) is 0 Å². The average Bonchev–Trinajstić information content (AvgIpc) is 3.23. The number of anilines is 2. The summed E-state index contributed by atoms with van der Waals surface area (Å²) in [5.74, 6) is -0.465. The number of carbonyl (C=O) groups is 1. The summed E-state index contributed by atoms with van der Waals surface area (Å²) in [6.45, 7) is 0.999. The third-order valence-corrected chi connectivity index (χ3v) is 5.95. The Morgan fingerprint density at radius 2 is 2.00 bits per heavy atom. The van der Waals surface area contributed by atoms with Crippen LogP contribution >= 0.6 is 0 Å². The fourth-order valence-corrected chi connectivity index (χ4v) is 4.20. The third kappa shape index (κ3) is 4.60. The largest absolute Gasteiger partial charge is 0.391 e. The second kappa shape index (κ2) is 9.18. The van der Waals surface area contributed by atoms with Crippen LogP contribution < -0.4 is 5.32 Å². The van der Waals surface area contributed by atoms with Gasteiger partial charge in [-0.15, -0.1) is 0 Å². The lowest BCUT2D eigenvalue weighted by molar-refractivity contribution is 0.0474. The highest BCUT2D eigenvalue weighted by Gasteiger charge is 2.23. The Morgan fingerprint density at radius 1 is 1.18 bits per heavy atom. The van der Waals surface area contributed by atoms with Gasteiger partial charge in [0, 0.05) is 37.0 Å². The lowest BCUT2D eigenvalue weighted by Gasteiger charge is -2.30. The number of benzene rings is 2. The number of hydrogen-bond acceptors (Lipinski definition) is 5. The number of aliphatic hydroxyl groups excluding tert-OH is 1. The minimum atomic E-state index is -0.491. The summed E-state index contributed by atoms with van der Waals surface area (Å²) < 4.78 is 27.6. The standard InChI is InChI=1S/C25H23F2N5O2/c26-18-5-8-22(27)17(12-18)10-15-11-21-23(28-13-15)30-31-24(21)29-19-6-3-16(4-7-19)25(34)32-9-1-2-20(33)14-32/h3-8,11-13,20,33H,1-2,9-10,14H2,(H2,28,29,30,31). The third-order valence-electron chi connectivity index (χ3n) is 5.95. The van der Waals surface area contributed by atoms with Crippen LogP contribution in [-0.4, -0.2) is 50.3 Å². The van der Waals surface area contributed by atoms with Gasteiger partial charge < -0.3 is 15.3 Å². The van der Waals surface area contributed by atoms with Crippen LogP contribution in [0, 0.1) is 11.6 Å². The highest BCUT2D eigenvalue weighted by atomic mass is 19.1. The number of piperidine rings is 1. The molecule has 1 aliphatic heterocycles. The van der Waals surface area contributed by atoms with Gasteiger partial charge in [0.25, 0.3) is 5.91 Å². The maximum Gasteiger partial charge on any atom is 0.253 e. The van der Waals surface area contributed by atoms with Crippen LogP contribution in [0.2, 0.25) is 0 Å². The predicted molar refractivity (Wildman–Crippen MR) is 124 cm³/mol. The predicted octanol–water partition coefficient (Wildman–Crippen LogP) is 4.17. The van der Waals surface area contributed by atoms with E-state index in [1.807, 2.05) is 6.07 Å². The lowest BCUT2D eigenvalue weighted by atomic mass is 10.0. The number of β-amino-alcohol motifs (C(OH)–C–C–N with tert-alkyl or cyclic N) is 1. The zero-order chi connectivity index (χ0) is 23.7. The first kappa shape index (κ1) is 22.0. The number of aromatic nitrogens is 3. The van der Waals surface area contributed by atoms with E-state index in [-0.39, 0.29) is 17.9 Å². The highest BCUT2D eigenvalue weighted by Crippen LogP contribution is 2.25. The second-order valence-electron chi connectivity index (χ2n) is 8.48. The number of carbonyl (C=O) groups excluding carboxylic acids is 1. The molecular weight excluding hydrogens is 440 g/mol. The summed E-state index contributed by atoms with van der Waals surface area (Å²) in [6, 6.07) is 12.3. The number of nitrogens with one attached hydrogen (secondary N) is 2. The maximum atomic E-state index is 14.0. The van der Waals surface area contributed by atoms with Crippen molar-refractivity contribution >= 4 is 28.4 Å². The Labute approximate surface area is 194 Å². The van der Waals surface area contributed by atoms with Gasteiger partial charge in [-0.05, 0) is 72.5 Å². The summed E-state index contributed by atoms with van der Waals surface area (Å²) in [6.07, 6.45) is 2.83. The molecule has 3 heterocycles. The number of likely N-dealkylation sites (tertiary alicyclic amines) is 1. The molecule has 0 spiro atoms. The van der Waals surface area contributed by atoms with Crippen molar-refractivity contribution in [2.45, 2.75) is 25.4 Å². The zero-order valence-electron chi connectivity index (χ0n) is 18.3. The first-order valence-corrected chi connectivity index (χ1v) is 11.1. The minimum Gasteiger partial charge on any atom is -0.391 e. The number of hydrogen-bond donors (Lipinski definition) is 3. The van der Waals surface area contributed by atoms with Crippen LogP contribution in [-0.2, 0) is 6.42 Å². The van der Waals surface area contributed by atoms with Gasteiger partial charge in [-0.25, -0.2) is 13.8 Å². The summed E-state index contributed by atoms with van der Waals surface area (Å²) in [4.78, 5) is 18.7. The molecule has 2 aromatic carbocycles. The van der Waals surface area contributed by atoms with Gasteiger partial charge in [0.05, 0.1) is 11.5 Å². The normalized spacial score (nSPS) is 16.1. The first-order chi connectivity index (χ1) is 16.5. The molecule has 1 saturated heterocycles. The van der Waals surface area contributed by atoms with Crippen molar-refractivity contribution in [3.05, 3.63) is 83.1 Å². The molecule has 0 bridgehead atoms. The number of fused-ring (bicyclic) bond motifs is 1. The molecule has 3 N–H and O–H groups in total. The van der Waals surface area contributed by atoms with Gasteiger partial charge in [0.2, 0.25) is 0 Å². The number of pyridine rings is 1. The number of nitrogens with zero attached hydrogens (tertiary/aromatic N) is 3.